The largest absolute Gasteiger partial charge is 0.382 e. The highest BCUT2D eigenvalue weighted by atomic mass is 35.5. The average molecular weight is 317 g/mol. The van der Waals surface area contributed by atoms with Crippen LogP contribution in [0.1, 0.15) is 0 Å². The van der Waals surface area contributed by atoms with Crippen LogP contribution in [0.2, 0.25) is 10.0 Å². The maximum atomic E-state index is 6.23. The van der Waals surface area contributed by atoms with E-state index in [-0.39, 0.29) is 5.82 Å². The SMILES string of the molecule is Nc1nc(-c2cccnc2)c(-c2ccncc2Cl)cc1Cl. The number of anilines is 1. The Bertz CT molecular complexity index is 791. The van der Waals surface area contributed by atoms with Crippen LogP contribution in [-0.2, 0) is 0 Å². The molecule has 0 atom stereocenters. The number of aromatic nitrogens is 3. The van der Waals surface area contributed by atoms with Gasteiger partial charge in [-0.1, -0.05) is 23.2 Å². The Balaban J connectivity index is 2.30. The maximum Gasteiger partial charge on any atom is 0.142 e. The fraction of sp³-hybridized carbons (Fsp3) is 0. The first-order chi connectivity index (χ1) is 10.2. The van der Waals surface area contributed by atoms with E-state index in [9.17, 15) is 0 Å². The molecule has 0 bridgehead atoms. The molecule has 0 aliphatic rings. The van der Waals surface area contributed by atoms with Gasteiger partial charge in [-0.05, 0) is 24.3 Å². The highest BCUT2D eigenvalue weighted by Crippen LogP contribution is 2.37. The number of rotatable bonds is 2. The van der Waals surface area contributed by atoms with Crippen LogP contribution in [0.3, 0.4) is 0 Å². The fourth-order valence-electron chi connectivity index (χ4n) is 2.02. The van der Waals surface area contributed by atoms with E-state index in [2.05, 4.69) is 15.0 Å². The third kappa shape index (κ3) is 2.68. The number of halogens is 2. The van der Waals surface area contributed by atoms with Gasteiger partial charge in [-0.25, -0.2) is 4.98 Å². The van der Waals surface area contributed by atoms with Crippen molar-refractivity contribution < 1.29 is 0 Å². The summed E-state index contributed by atoms with van der Waals surface area (Å²) in [5, 5.41) is 0.899. The fourth-order valence-corrected chi connectivity index (χ4v) is 2.40. The van der Waals surface area contributed by atoms with E-state index >= 15 is 0 Å². The molecule has 6 heteroatoms. The zero-order chi connectivity index (χ0) is 14.8. The van der Waals surface area contributed by atoms with E-state index in [1.807, 2.05) is 18.2 Å². The summed E-state index contributed by atoms with van der Waals surface area (Å²) < 4.78 is 0. The van der Waals surface area contributed by atoms with Crippen molar-refractivity contribution >= 4 is 29.0 Å². The van der Waals surface area contributed by atoms with Crippen LogP contribution in [-0.4, -0.2) is 15.0 Å². The molecule has 0 aliphatic carbocycles. The van der Waals surface area contributed by atoms with Crippen LogP contribution < -0.4 is 5.73 Å². The first-order valence-electron chi connectivity index (χ1n) is 6.13. The number of hydrogen-bond acceptors (Lipinski definition) is 4. The maximum absolute atomic E-state index is 6.23. The van der Waals surface area contributed by atoms with Gasteiger partial charge in [0.2, 0.25) is 0 Å². The van der Waals surface area contributed by atoms with Crippen molar-refractivity contribution in [3.8, 4) is 22.4 Å². The summed E-state index contributed by atoms with van der Waals surface area (Å²) in [4.78, 5) is 12.5. The molecular formula is C15H10Cl2N4. The van der Waals surface area contributed by atoms with Crippen LogP contribution in [0.4, 0.5) is 5.82 Å². The first kappa shape index (κ1) is 13.8. The van der Waals surface area contributed by atoms with E-state index in [0.29, 0.717) is 15.7 Å². The third-order valence-corrected chi connectivity index (χ3v) is 3.60. The van der Waals surface area contributed by atoms with Gasteiger partial charge < -0.3 is 5.73 Å². The zero-order valence-corrected chi connectivity index (χ0v) is 12.3. The topological polar surface area (TPSA) is 64.7 Å². The monoisotopic (exact) mass is 316 g/mol. The lowest BCUT2D eigenvalue weighted by Gasteiger charge is -2.12. The van der Waals surface area contributed by atoms with Crippen molar-refractivity contribution in [2.75, 3.05) is 5.73 Å². The summed E-state index contributed by atoms with van der Waals surface area (Å²) in [5.74, 6) is 0.268. The number of pyridine rings is 3. The van der Waals surface area contributed by atoms with Crippen LogP contribution in [0.5, 0.6) is 0 Å². The second-order valence-corrected chi connectivity index (χ2v) is 5.16. The Kier molecular flexibility index (Phi) is 3.73. The lowest BCUT2D eigenvalue weighted by atomic mass is 10.0. The molecule has 0 saturated heterocycles. The summed E-state index contributed by atoms with van der Waals surface area (Å²) in [6.07, 6.45) is 6.66. The molecule has 3 aromatic rings. The van der Waals surface area contributed by atoms with E-state index in [0.717, 1.165) is 16.7 Å². The normalized spacial score (nSPS) is 10.6. The highest BCUT2D eigenvalue weighted by molar-refractivity contribution is 6.34. The van der Waals surface area contributed by atoms with Crippen molar-refractivity contribution in [2.45, 2.75) is 0 Å². The van der Waals surface area contributed by atoms with Gasteiger partial charge in [0.15, 0.2) is 0 Å². The lowest BCUT2D eigenvalue weighted by Crippen LogP contribution is -1.97. The Labute approximate surface area is 131 Å². The van der Waals surface area contributed by atoms with Crippen molar-refractivity contribution in [1.29, 1.82) is 0 Å². The minimum atomic E-state index is 0.268. The summed E-state index contributed by atoms with van der Waals surface area (Å²) in [6.45, 7) is 0. The standard InChI is InChI=1S/C15H10Cl2N4/c16-12-6-11(10-3-5-20-8-13(10)17)14(21-15(12)18)9-2-1-4-19-7-9/h1-8H,(H2,18,21). The summed E-state index contributed by atoms with van der Waals surface area (Å²) in [7, 11) is 0. The van der Waals surface area contributed by atoms with E-state index in [1.54, 1.807) is 30.9 Å². The van der Waals surface area contributed by atoms with Crippen LogP contribution in [0.15, 0.2) is 49.1 Å². The second-order valence-electron chi connectivity index (χ2n) is 4.35. The van der Waals surface area contributed by atoms with Gasteiger partial charge >= 0.3 is 0 Å². The van der Waals surface area contributed by atoms with Gasteiger partial charge in [-0.3, -0.25) is 9.97 Å². The highest BCUT2D eigenvalue weighted by Gasteiger charge is 2.15. The van der Waals surface area contributed by atoms with Crippen LogP contribution in [0.25, 0.3) is 22.4 Å². The molecule has 3 heterocycles. The quantitative estimate of drug-likeness (QED) is 0.773. The zero-order valence-electron chi connectivity index (χ0n) is 10.8. The van der Waals surface area contributed by atoms with Crippen molar-refractivity contribution in [3.05, 3.63) is 59.1 Å². The summed E-state index contributed by atoms with van der Waals surface area (Å²) in [5.41, 5.74) is 8.93. The third-order valence-electron chi connectivity index (χ3n) is 3.00. The van der Waals surface area contributed by atoms with Crippen molar-refractivity contribution in [3.63, 3.8) is 0 Å². The molecule has 21 heavy (non-hydrogen) atoms. The molecule has 2 N–H and O–H groups in total. The Morgan fingerprint density at radius 3 is 2.43 bits per heavy atom. The molecule has 0 spiro atoms. The Hall–Kier alpha value is -2.17. The molecular weight excluding hydrogens is 307 g/mol. The van der Waals surface area contributed by atoms with Gasteiger partial charge in [-0.15, -0.1) is 0 Å². The molecule has 3 aromatic heterocycles. The number of nitrogens with two attached hydrogens (primary N) is 1. The van der Waals surface area contributed by atoms with Gasteiger partial charge in [0.1, 0.15) is 5.82 Å². The van der Waals surface area contributed by atoms with E-state index in [1.165, 1.54) is 0 Å². The summed E-state index contributed by atoms with van der Waals surface area (Å²) >= 11 is 12.3. The lowest BCUT2D eigenvalue weighted by molar-refractivity contribution is 1.28. The molecule has 104 valence electrons. The number of nitrogen functional groups attached to an aromatic ring is 1. The number of hydrogen-bond donors (Lipinski definition) is 1. The van der Waals surface area contributed by atoms with Gasteiger partial charge in [0.25, 0.3) is 0 Å². The van der Waals surface area contributed by atoms with E-state index < -0.39 is 0 Å². The molecule has 0 aromatic carbocycles. The van der Waals surface area contributed by atoms with Crippen LogP contribution >= 0.6 is 23.2 Å². The predicted molar refractivity (Wildman–Crippen MR) is 85.1 cm³/mol. The molecule has 0 amide bonds. The first-order valence-corrected chi connectivity index (χ1v) is 6.88. The molecule has 0 saturated carbocycles. The second kappa shape index (κ2) is 5.68. The molecule has 3 rings (SSSR count). The van der Waals surface area contributed by atoms with Crippen LogP contribution in [0, 0.1) is 0 Å². The molecule has 0 unspecified atom stereocenters. The van der Waals surface area contributed by atoms with Crippen molar-refractivity contribution in [2.24, 2.45) is 0 Å². The predicted octanol–water partition coefficient (Wildman–Crippen LogP) is 4.09. The van der Waals surface area contributed by atoms with Gasteiger partial charge in [-0.2, -0.15) is 0 Å². The Morgan fingerprint density at radius 1 is 0.905 bits per heavy atom. The van der Waals surface area contributed by atoms with E-state index in [4.69, 9.17) is 28.9 Å². The molecule has 0 fully saturated rings. The minimum Gasteiger partial charge on any atom is -0.382 e. The average Bonchev–Trinajstić information content (AvgIpc) is 2.51. The molecule has 4 nitrogen and oxygen atoms in total. The summed E-state index contributed by atoms with van der Waals surface area (Å²) in [6, 6.07) is 7.31. The van der Waals surface area contributed by atoms with Gasteiger partial charge in [0, 0.05) is 41.5 Å². The smallest absolute Gasteiger partial charge is 0.142 e. The molecule has 0 aliphatic heterocycles. The Morgan fingerprint density at radius 2 is 1.71 bits per heavy atom. The molecule has 0 radical (unpaired) electrons. The number of nitrogens with zero attached hydrogens (tertiary/aromatic N) is 3. The minimum absolute atomic E-state index is 0.268. The van der Waals surface area contributed by atoms with Gasteiger partial charge in [0.05, 0.1) is 15.7 Å². The van der Waals surface area contributed by atoms with Crippen molar-refractivity contribution in [1.82, 2.24) is 15.0 Å².